The summed E-state index contributed by atoms with van der Waals surface area (Å²) >= 11 is 0. The number of hydrogen-bond acceptors (Lipinski definition) is 4. The maximum Gasteiger partial charge on any atom is 0.164 e. The van der Waals surface area contributed by atoms with Crippen molar-refractivity contribution in [1.82, 2.24) is 19.5 Å². The first-order valence-electron chi connectivity index (χ1n) is 18.8. The molecule has 0 N–H and O–H groups in total. The lowest BCUT2D eigenvalue weighted by Crippen LogP contribution is -2.01. The van der Waals surface area contributed by atoms with E-state index < -0.39 is 0 Å². The Labute approximate surface area is 322 Å². The SMILES string of the molecule is c1ccc(-c2cccc(-c3nc(-c4cccc(-n5c6ccccc6c6ccccc65)c4)nc(-c4cccc5oc6ccc(-c7ccccc7)cc6c45)n3)c2)cc1. The van der Waals surface area contributed by atoms with Crippen molar-refractivity contribution in [1.29, 1.82) is 0 Å². The van der Waals surface area contributed by atoms with Crippen molar-refractivity contribution in [3.63, 3.8) is 0 Å². The Hall–Kier alpha value is -7.63. The fourth-order valence-corrected chi connectivity index (χ4v) is 8.03. The second-order valence-electron chi connectivity index (χ2n) is 14.0. The summed E-state index contributed by atoms with van der Waals surface area (Å²) < 4.78 is 8.78. The van der Waals surface area contributed by atoms with E-state index in [1.165, 1.54) is 10.8 Å². The van der Waals surface area contributed by atoms with Crippen molar-refractivity contribution in [2.45, 2.75) is 0 Å². The fraction of sp³-hybridized carbons (Fsp3) is 0. The standard InChI is InChI=1S/C51H32N4O/c1-3-14-33(15-4-1)35-18-11-19-37(30-35)49-52-50(38-20-12-21-39(31-38)55-44-25-9-7-22-40(44)41-23-8-10-26-45(41)55)54-51(53-49)42-24-13-27-47-48(42)43-32-36(28-29-46(43)56-47)34-16-5-2-6-17-34/h1-32H. The summed E-state index contributed by atoms with van der Waals surface area (Å²) in [5, 5.41) is 4.42. The van der Waals surface area contributed by atoms with Gasteiger partial charge in [0.1, 0.15) is 11.2 Å². The molecule has 5 heteroatoms. The molecule has 0 saturated heterocycles. The Bertz CT molecular complexity index is 3200. The van der Waals surface area contributed by atoms with Gasteiger partial charge in [-0.25, -0.2) is 15.0 Å². The van der Waals surface area contributed by atoms with Crippen LogP contribution in [0.5, 0.6) is 0 Å². The van der Waals surface area contributed by atoms with E-state index in [0.717, 1.165) is 77.6 Å². The Morgan fingerprint density at radius 1 is 0.339 bits per heavy atom. The third-order valence-corrected chi connectivity index (χ3v) is 10.6. The van der Waals surface area contributed by atoms with Crippen LogP contribution in [0.4, 0.5) is 0 Å². The molecule has 0 amide bonds. The van der Waals surface area contributed by atoms with Crippen molar-refractivity contribution < 1.29 is 4.42 Å². The molecule has 0 atom stereocenters. The maximum absolute atomic E-state index is 6.45. The fourth-order valence-electron chi connectivity index (χ4n) is 8.03. The molecule has 3 heterocycles. The molecule has 0 aliphatic heterocycles. The minimum absolute atomic E-state index is 0.579. The van der Waals surface area contributed by atoms with E-state index in [1.54, 1.807) is 0 Å². The third-order valence-electron chi connectivity index (χ3n) is 10.6. The average Bonchev–Trinajstić information content (AvgIpc) is 3.83. The van der Waals surface area contributed by atoms with Crippen LogP contribution in [-0.2, 0) is 0 Å². The van der Waals surface area contributed by atoms with Crippen molar-refractivity contribution in [3.05, 3.63) is 194 Å². The van der Waals surface area contributed by atoms with Crippen LogP contribution in [0.1, 0.15) is 0 Å². The lowest BCUT2D eigenvalue weighted by Gasteiger charge is -2.12. The summed E-state index contributed by atoms with van der Waals surface area (Å²) in [7, 11) is 0. The van der Waals surface area contributed by atoms with Crippen molar-refractivity contribution >= 4 is 43.7 Å². The minimum Gasteiger partial charge on any atom is -0.456 e. The van der Waals surface area contributed by atoms with E-state index in [9.17, 15) is 0 Å². The van der Waals surface area contributed by atoms with Gasteiger partial charge < -0.3 is 8.98 Å². The smallest absolute Gasteiger partial charge is 0.164 e. The molecule has 0 radical (unpaired) electrons. The van der Waals surface area contributed by atoms with Crippen LogP contribution < -0.4 is 0 Å². The highest BCUT2D eigenvalue weighted by atomic mass is 16.3. The van der Waals surface area contributed by atoms with Gasteiger partial charge in [-0.3, -0.25) is 0 Å². The van der Waals surface area contributed by atoms with Crippen LogP contribution >= 0.6 is 0 Å². The quantitative estimate of drug-likeness (QED) is 0.172. The summed E-state index contributed by atoms with van der Waals surface area (Å²) in [5.74, 6) is 1.77. The van der Waals surface area contributed by atoms with Gasteiger partial charge in [0.2, 0.25) is 0 Å². The summed E-state index contributed by atoms with van der Waals surface area (Å²) in [6.07, 6.45) is 0. The second-order valence-corrected chi connectivity index (χ2v) is 14.0. The van der Waals surface area contributed by atoms with Gasteiger partial charge >= 0.3 is 0 Å². The Balaban J connectivity index is 1.13. The molecule has 8 aromatic carbocycles. The molecule has 0 spiro atoms. The average molecular weight is 717 g/mol. The lowest BCUT2D eigenvalue weighted by molar-refractivity contribution is 0.669. The second kappa shape index (κ2) is 13.0. The number of nitrogens with zero attached hydrogens (tertiary/aromatic N) is 4. The van der Waals surface area contributed by atoms with E-state index in [1.807, 2.05) is 24.3 Å². The zero-order valence-electron chi connectivity index (χ0n) is 30.2. The molecule has 0 fully saturated rings. The predicted octanol–water partition coefficient (Wildman–Crippen LogP) is 13.2. The molecule has 11 aromatic rings. The monoisotopic (exact) mass is 716 g/mol. The first-order valence-corrected chi connectivity index (χ1v) is 18.8. The Morgan fingerprint density at radius 2 is 0.875 bits per heavy atom. The van der Waals surface area contributed by atoms with E-state index in [4.69, 9.17) is 19.4 Å². The normalized spacial score (nSPS) is 11.6. The number of para-hydroxylation sites is 2. The lowest BCUT2D eigenvalue weighted by atomic mass is 10.0. The Kier molecular flexibility index (Phi) is 7.42. The van der Waals surface area contributed by atoms with Gasteiger partial charge in [0, 0.05) is 43.9 Å². The van der Waals surface area contributed by atoms with Crippen LogP contribution in [0.3, 0.4) is 0 Å². The summed E-state index contributed by atoms with van der Waals surface area (Å²) in [5.41, 5.74) is 12.1. The third kappa shape index (κ3) is 5.37. The van der Waals surface area contributed by atoms with Crippen molar-refractivity contribution in [3.8, 4) is 62.1 Å². The molecule has 5 nitrogen and oxygen atoms in total. The molecule has 11 rings (SSSR count). The number of hydrogen-bond donors (Lipinski definition) is 0. The van der Waals surface area contributed by atoms with Crippen molar-refractivity contribution in [2.24, 2.45) is 0 Å². The molecular weight excluding hydrogens is 685 g/mol. The summed E-state index contributed by atoms with van der Waals surface area (Å²) in [4.78, 5) is 15.7. The largest absolute Gasteiger partial charge is 0.456 e. The highest BCUT2D eigenvalue weighted by Crippen LogP contribution is 2.39. The number of benzene rings is 8. The van der Waals surface area contributed by atoms with Crippen LogP contribution in [0.2, 0.25) is 0 Å². The zero-order chi connectivity index (χ0) is 37.0. The highest BCUT2D eigenvalue weighted by Gasteiger charge is 2.20. The van der Waals surface area contributed by atoms with Gasteiger partial charge in [-0.2, -0.15) is 0 Å². The molecular formula is C51H32N4O. The molecule has 0 unspecified atom stereocenters. The van der Waals surface area contributed by atoms with E-state index in [0.29, 0.717) is 17.5 Å². The number of rotatable bonds is 6. The van der Waals surface area contributed by atoms with Gasteiger partial charge in [-0.1, -0.05) is 146 Å². The van der Waals surface area contributed by atoms with Gasteiger partial charge in [-0.05, 0) is 70.8 Å². The number of aromatic nitrogens is 4. The molecule has 3 aromatic heterocycles. The van der Waals surface area contributed by atoms with Crippen LogP contribution in [0.15, 0.2) is 199 Å². The zero-order valence-corrected chi connectivity index (χ0v) is 30.2. The predicted molar refractivity (Wildman–Crippen MR) is 229 cm³/mol. The maximum atomic E-state index is 6.45. The first kappa shape index (κ1) is 31.9. The van der Waals surface area contributed by atoms with Crippen LogP contribution in [-0.4, -0.2) is 19.5 Å². The number of furan rings is 1. The van der Waals surface area contributed by atoms with Gasteiger partial charge in [0.05, 0.1) is 11.0 Å². The summed E-state index contributed by atoms with van der Waals surface area (Å²) in [6, 6.07) is 67.4. The molecule has 262 valence electrons. The van der Waals surface area contributed by atoms with Gasteiger partial charge in [0.25, 0.3) is 0 Å². The van der Waals surface area contributed by atoms with E-state index >= 15 is 0 Å². The Morgan fingerprint density at radius 3 is 1.57 bits per heavy atom. The number of fused-ring (bicyclic) bond motifs is 6. The molecule has 0 bridgehead atoms. The van der Waals surface area contributed by atoms with Crippen LogP contribution in [0, 0.1) is 0 Å². The molecule has 0 aliphatic carbocycles. The summed E-state index contributed by atoms with van der Waals surface area (Å²) in [6.45, 7) is 0. The van der Waals surface area contributed by atoms with Gasteiger partial charge in [0.15, 0.2) is 17.5 Å². The molecule has 56 heavy (non-hydrogen) atoms. The van der Waals surface area contributed by atoms with Crippen molar-refractivity contribution in [2.75, 3.05) is 0 Å². The topological polar surface area (TPSA) is 56.7 Å². The van der Waals surface area contributed by atoms with Crippen LogP contribution in [0.25, 0.3) is 106 Å². The van der Waals surface area contributed by atoms with E-state index in [2.05, 4.69) is 174 Å². The van der Waals surface area contributed by atoms with E-state index in [-0.39, 0.29) is 0 Å². The molecule has 0 aliphatic rings. The van der Waals surface area contributed by atoms with Gasteiger partial charge in [-0.15, -0.1) is 0 Å². The molecule has 0 saturated carbocycles. The first-order chi connectivity index (χ1) is 27.7. The minimum atomic E-state index is 0.579. The highest BCUT2D eigenvalue weighted by molar-refractivity contribution is 6.13.